The molecule has 0 aliphatic rings. The zero-order chi connectivity index (χ0) is 12.2. The van der Waals surface area contributed by atoms with Crippen molar-refractivity contribution >= 4 is 17.6 Å². The lowest BCUT2D eigenvalue weighted by molar-refractivity contribution is -0.173. The van der Waals surface area contributed by atoms with Crippen molar-refractivity contribution in [3.05, 3.63) is 48.0 Å². The van der Waals surface area contributed by atoms with Gasteiger partial charge in [0.15, 0.2) is 0 Å². The first-order chi connectivity index (χ1) is 7.41. The van der Waals surface area contributed by atoms with Gasteiger partial charge in [-0.05, 0) is 24.1 Å². The summed E-state index contributed by atoms with van der Waals surface area (Å²) in [4.78, 5) is 11.2. The number of carbonyl (C=O) groups excluding carboxylic acids is 1. The highest BCUT2D eigenvalue weighted by molar-refractivity contribution is 6.22. The number of hydrogen-bond acceptors (Lipinski definition) is 3. The highest BCUT2D eigenvalue weighted by Crippen LogP contribution is 2.20. The molecule has 0 saturated carbocycles. The van der Waals surface area contributed by atoms with Crippen LogP contribution in [0.4, 0.5) is 0 Å². The van der Waals surface area contributed by atoms with Crippen LogP contribution in [0.5, 0.6) is 0 Å². The minimum Gasteiger partial charge on any atom is -0.415 e. The fourth-order valence-corrected chi connectivity index (χ4v) is 1.34. The van der Waals surface area contributed by atoms with Gasteiger partial charge in [0.1, 0.15) is 0 Å². The first-order valence-electron chi connectivity index (χ1n) is 4.75. The molecule has 3 nitrogen and oxygen atoms in total. The van der Waals surface area contributed by atoms with Crippen molar-refractivity contribution in [1.29, 1.82) is 0 Å². The van der Waals surface area contributed by atoms with Crippen LogP contribution in [0.3, 0.4) is 0 Å². The number of carbonyl (C=O) groups is 1. The number of alkyl halides is 1. The van der Waals surface area contributed by atoms with Gasteiger partial charge in [-0.2, -0.15) is 0 Å². The molecule has 0 saturated heterocycles. The molecule has 0 bridgehead atoms. The van der Waals surface area contributed by atoms with Crippen molar-refractivity contribution in [3.63, 3.8) is 0 Å². The topological polar surface area (TPSA) is 46.5 Å². The van der Waals surface area contributed by atoms with E-state index in [1.807, 2.05) is 18.2 Å². The fourth-order valence-electron chi connectivity index (χ4n) is 1.11. The second-order valence-electron chi connectivity index (χ2n) is 3.52. The quantitative estimate of drug-likeness (QED) is 0.380. The standard InChI is InChI=1S/C12H13ClO3/c1-9(2)11(14)16-12(13,15)8-10-6-4-3-5-7-10/h3-7,15H,1,8H2,2H3. The summed E-state index contributed by atoms with van der Waals surface area (Å²) >= 11 is 5.68. The van der Waals surface area contributed by atoms with E-state index < -0.39 is 11.2 Å². The van der Waals surface area contributed by atoms with Crippen LogP contribution in [-0.2, 0) is 16.0 Å². The van der Waals surface area contributed by atoms with E-state index in [1.54, 1.807) is 12.1 Å². The molecule has 0 aliphatic carbocycles. The van der Waals surface area contributed by atoms with Gasteiger partial charge in [0.2, 0.25) is 0 Å². The lowest BCUT2D eigenvalue weighted by atomic mass is 10.1. The third-order valence-corrected chi connectivity index (χ3v) is 2.07. The molecule has 0 aliphatic heterocycles. The summed E-state index contributed by atoms with van der Waals surface area (Å²) in [6, 6.07) is 9.02. The third kappa shape index (κ3) is 4.04. The molecule has 1 N–H and O–H groups in total. The zero-order valence-electron chi connectivity index (χ0n) is 8.94. The van der Waals surface area contributed by atoms with E-state index in [0.29, 0.717) is 0 Å². The summed E-state index contributed by atoms with van der Waals surface area (Å²) in [7, 11) is 0. The van der Waals surface area contributed by atoms with Crippen molar-refractivity contribution in [3.8, 4) is 0 Å². The van der Waals surface area contributed by atoms with E-state index >= 15 is 0 Å². The highest BCUT2D eigenvalue weighted by Gasteiger charge is 2.29. The van der Waals surface area contributed by atoms with Crippen LogP contribution in [0.15, 0.2) is 42.5 Å². The Morgan fingerprint density at radius 1 is 1.50 bits per heavy atom. The number of ether oxygens (including phenoxy) is 1. The molecule has 1 rings (SSSR count). The molecular weight excluding hydrogens is 228 g/mol. The van der Waals surface area contributed by atoms with Crippen molar-refractivity contribution in [1.82, 2.24) is 0 Å². The lowest BCUT2D eigenvalue weighted by Gasteiger charge is -2.20. The summed E-state index contributed by atoms with van der Waals surface area (Å²) in [5.41, 5.74) is 0.960. The summed E-state index contributed by atoms with van der Waals surface area (Å²) in [6.07, 6.45) is 0.0222. The maximum Gasteiger partial charge on any atom is 0.336 e. The van der Waals surface area contributed by atoms with Crippen molar-refractivity contribution in [2.75, 3.05) is 0 Å². The molecular formula is C12H13ClO3. The molecule has 4 heteroatoms. The van der Waals surface area contributed by atoms with Crippen LogP contribution in [0.1, 0.15) is 12.5 Å². The average Bonchev–Trinajstić information content (AvgIpc) is 2.17. The predicted molar refractivity (Wildman–Crippen MR) is 61.9 cm³/mol. The molecule has 86 valence electrons. The number of rotatable bonds is 4. The average molecular weight is 241 g/mol. The Kier molecular flexibility index (Phi) is 4.10. The van der Waals surface area contributed by atoms with Gasteiger partial charge in [-0.15, -0.1) is 0 Å². The van der Waals surface area contributed by atoms with E-state index in [2.05, 4.69) is 11.3 Å². The molecule has 0 fully saturated rings. The number of halogens is 1. The Bertz CT molecular complexity index is 385. The van der Waals surface area contributed by atoms with Gasteiger partial charge < -0.3 is 9.84 Å². The Hall–Kier alpha value is -1.32. The van der Waals surface area contributed by atoms with Crippen molar-refractivity contribution in [2.45, 2.75) is 18.6 Å². The van der Waals surface area contributed by atoms with Crippen LogP contribution in [0.25, 0.3) is 0 Å². The minimum atomic E-state index is -2.03. The Balaban J connectivity index is 2.65. The van der Waals surface area contributed by atoms with Gasteiger partial charge in [0.25, 0.3) is 5.25 Å². The van der Waals surface area contributed by atoms with Gasteiger partial charge in [-0.1, -0.05) is 36.9 Å². The van der Waals surface area contributed by atoms with Gasteiger partial charge >= 0.3 is 5.97 Å². The molecule has 1 aromatic rings. The van der Waals surface area contributed by atoms with Gasteiger partial charge in [0.05, 0.1) is 6.42 Å². The number of esters is 1. The van der Waals surface area contributed by atoms with Crippen molar-refractivity contribution in [2.24, 2.45) is 0 Å². The maximum absolute atomic E-state index is 11.2. The minimum absolute atomic E-state index is 0.0222. The van der Waals surface area contributed by atoms with Gasteiger partial charge in [-0.25, -0.2) is 4.79 Å². The van der Waals surface area contributed by atoms with E-state index in [9.17, 15) is 9.90 Å². The van der Waals surface area contributed by atoms with Crippen LogP contribution in [0, 0.1) is 0 Å². The van der Waals surface area contributed by atoms with Gasteiger partial charge in [0, 0.05) is 5.57 Å². The molecule has 0 radical (unpaired) electrons. The molecule has 0 aromatic heterocycles. The smallest absolute Gasteiger partial charge is 0.336 e. The Labute approximate surface area is 99.3 Å². The Morgan fingerprint density at radius 3 is 2.56 bits per heavy atom. The summed E-state index contributed by atoms with van der Waals surface area (Å²) in [6.45, 7) is 4.89. The first-order valence-corrected chi connectivity index (χ1v) is 5.12. The predicted octanol–water partition coefficient (Wildman–Crippen LogP) is 2.23. The second kappa shape index (κ2) is 5.14. The zero-order valence-corrected chi connectivity index (χ0v) is 9.70. The van der Waals surface area contributed by atoms with E-state index in [4.69, 9.17) is 11.6 Å². The highest BCUT2D eigenvalue weighted by atomic mass is 35.5. The number of hydrogen-bond donors (Lipinski definition) is 1. The van der Waals surface area contributed by atoms with Crippen LogP contribution in [-0.4, -0.2) is 16.3 Å². The van der Waals surface area contributed by atoms with Crippen LogP contribution >= 0.6 is 11.6 Å². The summed E-state index contributed by atoms with van der Waals surface area (Å²) in [5, 5.41) is 7.64. The molecule has 0 amide bonds. The largest absolute Gasteiger partial charge is 0.415 e. The number of aliphatic hydroxyl groups is 1. The summed E-state index contributed by atoms with van der Waals surface area (Å²) in [5.74, 6) is -0.714. The SMILES string of the molecule is C=C(C)C(=O)OC(O)(Cl)Cc1ccccc1. The summed E-state index contributed by atoms with van der Waals surface area (Å²) < 4.78 is 4.69. The lowest BCUT2D eigenvalue weighted by Crippen LogP contribution is -2.31. The Morgan fingerprint density at radius 2 is 2.06 bits per heavy atom. The first kappa shape index (κ1) is 12.7. The van der Waals surface area contributed by atoms with E-state index in [0.717, 1.165) is 5.56 Å². The third-order valence-electron chi connectivity index (χ3n) is 1.86. The number of benzene rings is 1. The molecule has 1 atom stereocenters. The normalized spacial score (nSPS) is 13.9. The fraction of sp³-hybridized carbons (Fsp3) is 0.250. The van der Waals surface area contributed by atoms with Crippen molar-refractivity contribution < 1.29 is 14.6 Å². The van der Waals surface area contributed by atoms with E-state index in [1.165, 1.54) is 6.92 Å². The molecule has 0 heterocycles. The van der Waals surface area contributed by atoms with Crippen LogP contribution < -0.4 is 0 Å². The van der Waals surface area contributed by atoms with Gasteiger partial charge in [-0.3, -0.25) is 0 Å². The monoisotopic (exact) mass is 240 g/mol. The molecule has 0 spiro atoms. The maximum atomic E-state index is 11.2. The van der Waals surface area contributed by atoms with E-state index in [-0.39, 0.29) is 12.0 Å². The molecule has 1 aromatic carbocycles. The molecule has 16 heavy (non-hydrogen) atoms. The second-order valence-corrected chi connectivity index (χ2v) is 4.11. The molecule has 1 unspecified atom stereocenters. The van der Waals surface area contributed by atoms with Crippen LogP contribution in [0.2, 0.25) is 0 Å².